The number of amidine groups is 1. The van der Waals surface area contributed by atoms with Crippen molar-refractivity contribution in [2.45, 2.75) is 18.4 Å². The van der Waals surface area contributed by atoms with Gasteiger partial charge in [0.2, 0.25) is 0 Å². The number of carbonyl (C=O) groups excluding carboxylic acids is 1. The SMILES string of the molecule is CCN1C(=C2SC(=Nc3ccc(N4CCOCC4)cc3)N(Cc3ccccc3)C2=O)Sc2ccc(Cl)cc21. The average molecular weight is 563 g/mol. The van der Waals surface area contributed by atoms with Crippen LogP contribution in [0.5, 0.6) is 0 Å². The Morgan fingerprint density at radius 1 is 0.947 bits per heavy atom. The smallest absolute Gasteiger partial charge is 0.269 e. The molecule has 0 radical (unpaired) electrons. The van der Waals surface area contributed by atoms with Crippen molar-refractivity contribution in [3.8, 4) is 0 Å². The number of hydrogen-bond acceptors (Lipinski definition) is 7. The van der Waals surface area contributed by atoms with Crippen molar-refractivity contribution < 1.29 is 9.53 Å². The summed E-state index contributed by atoms with van der Waals surface area (Å²) in [5.74, 6) is -0.0256. The lowest BCUT2D eigenvalue weighted by Gasteiger charge is -2.28. The normalized spacial score (nSPS) is 20.5. The van der Waals surface area contributed by atoms with E-state index in [0.717, 1.165) is 65.4 Å². The summed E-state index contributed by atoms with van der Waals surface area (Å²) in [6.45, 7) is 6.56. The quantitative estimate of drug-likeness (QED) is 0.321. The molecule has 3 heterocycles. The maximum atomic E-state index is 13.9. The van der Waals surface area contributed by atoms with Crippen LogP contribution in [0.1, 0.15) is 12.5 Å². The number of ether oxygens (including phenoxy) is 1. The standard InChI is InChI=1S/C29H27ClN4O2S2/c1-2-33-24-18-21(30)8-13-25(24)37-28(33)26-27(35)34(19-20-6-4-3-5-7-20)29(38-26)31-22-9-11-23(12-10-22)32-14-16-36-17-15-32/h3-13,18H,2,14-17,19H2,1H3. The average Bonchev–Trinajstić information content (AvgIpc) is 3.46. The number of amides is 1. The fourth-order valence-corrected chi connectivity index (χ4v) is 7.27. The highest BCUT2D eigenvalue weighted by Crippen LogP contribution is 2.51. The molecule has 2 fully saturated rings. The van der Waals surface area contributed by atoms with Crippen LogP contribution in [-0.4, -0.2) is 48.8 Å². The number of anilines is 2. The second-order valence-corrected chi connectivity index (χ2v) is 11.5. The molecule has 3 aliphatic heterocycles. The number of benzene rings is 3. The number of rotatable bonds is 5. The molecule has 6 nitrogen and oxygen atoms in total. The maximum Gasteiger partial charge on any atom is 0.269 e. The van der Waals surface area contributed by atoms with E-state index in [0.29, 0.717) is 21.6 Å². The first-order valence-electron chi connectivity index (χ1n) is 12.6. The highest BCUT2D eigenvalue weighted by molar-refractivity contribution is 8.19. The molecule has 0 atom stereocenters. The molecular formula is C29H27ClN4O2S2. The summed E-state index contributed by atoms with van der Waals surface area (Å²) in [6, 6.07) is 24.2. The minimum Gasteiger partial charge on any atom is -0.378 e. The third-order valence-corrected chi connectivity index (χ3v) is 9.29. The Balaban J connectivity index is 1.35. The Morgan fingerprint density at radius 2 is 1.71 bits per heavy atom. The second-order valence-electron chi connectivity index (χ2n) is 9.08. The van der Waals surface area contributed by atoms with E-state index in [4.69, 9.17) is 21.3 Å². The first-order chi connectivity index (χ1) is 18.6. The third kappa shape index (κ3) is 5.06. The van der Waals surface area contributed by atoms with Crippen molar-refractivity contribution in [2.24, 2.45) is 4.99 Å². The van der Waals surface area contributed by atoms with Gasteiger partial charge in [-0.1, -0.05) is 53.7 Å². The fraction of sp³-hybridized carbons (Fsp3) is 0.241. The van der Waals surface area contributed by atoms with E-state index in [1.165, 1.54) is 11.8 Å². The Morgan fingerprint density at radius 3 is 2.45 bits per heavy atom. The van der Waals surface area contributed by atoms with Crippen molar-refractivity contribution >= 4 is 63.3 Å². The van der Waals surface area contributed by atoms with E-state index in [-0.39, 0.29) is 5.91 Å². The summed E-state index contributed by atoms with van der Waals surface area (Å²) >= 11 is 9.38. The third-order valence-electron chi connectivity index (χ3n) is 6.67. The minimum absolute atomic E-state index is 0.0256. The van der Waals surface area contributed by atoms with Gasteiger partial charge in [-0.05, 0) is 66.7 Å². The number of nitrogens with zero attached hydrogens (tertiary/aromatic N) is 4. The van der Waals surface area contributed by atoms with Crippen molar-refractivity contribution in [1.29, 1.82) is 0 Å². The number of hydrogen-bond donors (Lipinski definition) is 0. The minimum atomic E-state index is -0.0256. The summed E-state index contributed by atoms with van der Waals surface area (Å²) in [5.41, 5.74) is 4.08. The van der Waals surface area contributed by atoms with Crippen molar-refractivity contribution in [2.75, 3.05) is 42.6 Å². The molecule has 3 aromatic rings. The van der Waals surface area contributed by atoms with E-state index >= 15 is 0 Å². The van der Waals surface area contributed by atoms with Gasteiger partial charge in [-0.3, -0.25) is 9.69 Å². The summed E-state index contributed by atoms with van der Waals surface area (Å²) in [7, 11) is 0. The molecule has 38 heavy (non-hydrogen) atoms. The Labute approximate surface area is 236 Å². The first kappa shape index (κ1) is 25.4. The van der Waals surface area contributed by atoms with Crippen LogP contribution in [0.25, 0.3) is 0 Å². The largest absolute Gasteiger partial charge is 0.378 e. The lowest BCUT2D eigenvalue weighted by molar-refractivity contribution is -0.122. The molecule has 1 amide bonds. The zero-order valence-electron chi connectivity index (χ0n) is 21.0. The van der Waals surface area contributed by atoms with Gasteiger partial charge in [0, 0.05) is 35.2 Å². The number of thioether (sulfide) groups is 2. The molecule has 0 aliphatic carbocycles. The van der Waals surface area contributed by atoms with Crippen LogP contribution in [0.15, 0.2) is 92.6 Å². The molecule has 0 spiro atoms. The highest BCUT2D eigenvalue weighted by atomic mass is 35.5. The number of aliphatic imine (C=N–C) groups is 1. The zero-order chi connectivity index (χ0) is 26.1. The highest BCUT2D eigenvalue weighted by Gasteiger charge is 2.39. The first-order valence-corrected chi connectivity index (χ1v) is 14.7. The van der Waals surface area contributed by atoms with E-state index in [9.17, 15) is 4.79 Å². The van der Waals surface area contributed by atoms with E-state index in [1.54, 1.807) is 16.7 Å². The number of halogens is 1. The van der Waals surface area contributed by atoms with E-state index in [2.05, 4.69) is 28.9 Å². The topological polar surface area (TPSA) is 48.4 Å². The number of carbonyl (C=O) groups is 1. The molecule has 0 aromatic heterocycles. The molecule has 0 saturated carbocycles. The van der Waals surface area contributed by atoms with Crippen LogP contribution >= 0.6 is 35.1 Å². The van der Waals surface area contributed by atoms with E-state index in [1.807, 2.05) is 60.7 Å². The summed E-state index contributed by atoms with van der Waals surface area (Å²) in [6.07, 6.45) is 0. The summed E-state index contributed by atoms with van der Waals surface area (Å²) in [5, 5.41) is 2.31. The lowest BCUT2D eigenvalue weighted by atomic mass is 10.2. The van der Waals surface area contributed by atoms with Gasteiger partial charge in [0.15, 0.2) is 5.17 Å². The molecule has 3 aliphatic rings. The molecular weight excluding hydrogens is 536 g/mol. The van der Waals surface area contributed by atoms with E-state index < -0.39 is 0 Å². The summed E-state index contributed by atoms with van der Waals surface area (Å²) in [4.78, 5) is 27.0. The van der Waals surface area contributed by atoms with Gasteiger partial charge in [-0.15, -0.1) is 0 Å². The Hall–Kier alpha value is -2.91. The monoisotopic (exact) mass is 562 g/mol. The predicted molar refractivity (Wildman–Crippen MR) is 159 cm³/mol. The Kier molecular flexibility index (Phi) is 7.39. The van der Waals surface area contributed by atoms with Crippen molar-refractivity contribution in [1.82, 2.24) is 4.90 Å². The van der Waals surface area contributed by atoms with Crippen molar-refractivity contribution in [3.05, 3.63) is 93.3 Å². The maximum absolute atomic E-state index is 13.9. The zero-order valence-corrected chi connectivity index (χ0v) is 23.4. The van der Waals surface area contributed by atoms with Crippen LogP contribution in [0.3, 0.4) is 0 Å². The van der Waals surface area contributed by atoms with Gasteiger partial charge >= 0.3 is 0 Å². The molecule has 2 saturated heterocycles. The summed E-state index contributed by atoms with van der Waals surface area (Å²) < 4.78 is 5.48. The molecule has 3 aromatic carbocycles. The van der Waals surface area contributed by atoms with Crippen LogP contribution in [-0.2, 0) is 16.1 Å². The number of fused-ring (bicyclic) bond motifs is 1. The van der Waals surface area contributed by atoms with Crippen molar-refractivity contribution in [3.63, 3.8) is 0 Å². The van der Waals surface area contributed by atoms with Gasteiger partial charge in [0.1, 0.15) is 9.93 Å². The number of morpholine rings is 1. The molecule has 6 rings (SSSR count). The lowest BCUT2D eigenvalue weighted by Crippen LogP contribution is -2.36. The molecule has 0 bridgehead atoms. The molecule has 194 valence electrons. The molecule has 0 N–H and O–H groups in total. The predicted octanol–water partition coefficient (Wildman–Crippen LogP) is 6.74. The van der Waals surface area contributed by atoms with Gasteiger partial charge in [0.25, 0.3) is 5.91 Å². The second kappa shape index (κ2) is 11.1. The van der Waals surface area contributed by atoms with Crippen LogP contribution < -0.4 is 9.80 Å². The fourth-order valence-electron chi connectivity index (χ4n) is 4.73. The van der Waals surface area contributed by atoms with Crippen LogP contribution in [0.4, 0.5) is 17.1 Å². The van der Waals surface area contributed by atoms with Gasteiger partial charge in [-0.2, -0.15) is 0 Å². The Bertz CT molecular complexity index is 1410. The molecule has 0 unspecified atom stereocenters. The van der Waals surface area contributed by atoms with Gasteiger partial charge in [0.05, 0.1) is 31.1 Å². The van der Waals surface area contributed by atoms with Crippen LogP contribution in [0.2, 0.25) is 5.02 Å². The molecule has 9 heteroatoms. The van der Waals surface area contributed by atoms with Crippen LogP contribution in [0, 0.1) is 0 Å². The van der Waals surface area contributed by atoms with Gasteiger partial charge < -0.3 is 14.5 Å². The van der Waals surface area contributed by atoms with Gasteiger partial charge in [-0.25, -0.2) is 4.99 Å².